The Bertz CT molecular complexity index is 1130. The van der Waals surface area contributed by atoms with Crippen molar-refractivity contribution in [1.29, 1.82) is 0 Å². The van der Waals surface area contributed by atoms with Crippen molar-refractivity contribution in [3.63, 3.8) is 0 Å². The number of carboxylic acid groups (broad SMARTS) is 1. The van der Waals surface area contributed by atoms with Gasteiger partial charge >= 0.3 is 12.1 Å². The lowest BCUT2D eigenvalue weighted by Gasteiger charge is -2.47. The molecule has 0 saturated carbocycles. The highest BCUT2D eigenvalue weighted by Gasteiger charge is 2.38. The van der Waals surface area contributed by atoms with Gasteiger partial charge in [0.1, 0.15) is 0 Å². The van der Waals surface area contributed by atoms with E-state index in [1.807, 2.05) is 0 Å². The topological polar surface area (TPSA) is 122 Å². The number of aromatic nitrogens is 2. The number of alkyl halides is 3. The number of hydrogen-bond acceptors (Lipinski definition) is 6. The first-order valence-electron chi connectivity index (χ1n) is 10.3. The molecule has 2 bridgehead atoms. The van der Waals surface area contributed by atoms with Crippen LogP contribution < -0.4 is 5.32 Å². The van der Waals surface area contributed by atoms with Crippen LogP contribution in [0.2, 0.25) is 0 Å². The van der Waals surface area contributed by atoms with Gasteiger partial charge in [0.25, 0.3) is 15.9 Å². The zero-order valence-corrected chi connectivity index (χ0v) is 18.9. The molecule has 0 aliphatic carbocycles. The zero-order valence-electron chi connectivity index (χ0n) is 18.0. The number of nitrogens with one attached hydrogen (secondary N) is 1. The largest absolute Gasteiger partial charge is 0.490 e. The van der Waals surface area contributed by atoms with Gasteiger partial charge in [-0.25, -0.2) is 13.2 Å². The Labute approximate surface area is 188 Å². The first-order chi connectivity index (χ1) is 15.3. The summed E-state index contributed by atoms with van der Waals surface area (Å²) in [5, 5.41) is 14.9. The van der Waals surface area contributed by atoms with E-state index in [9.17, 15) is 26.4 Å². The summed E-state index contributed by atoms with van der Waals surface area (Å²) in [5.41, 5.74) is 0.607. The molecule has 1 aromatic heterocycles. The van der Waals surface area contributed by atoms with Gasteiger partial charge in [-0.3, -0.25) is 4.79 Å². The Morgan fingerprint density at radius 3 is 2.21 bits per heavy atom. The van der Waals surface area contributed by atoms with E-state index in [1.54, 1.807) is 24.3 Å². The minimum Gasteiger partial charge on any atom is -0.475 e. The van der Waals surface area contributed by atoms with Crippen LogP contribution in [0.1, 0.15) is 42.6 Å². The molecule has 2 fully saturated rings. The molecule has 2 saturated heterocycles. The van der Waals surface area contributed by atoms with Crippen LogP contribution in [0.3, 0.4) is 0 Å². The molecule has 0 radical (unpaired) electrons. The third-order valence-electron chi connectivity index (χ3n) is 6.00. The van der Waals surface area contributed by atoms with Crippen LogP contribution in [0.4, 0.5) is 13.2 Å². The fraction of sp³-hybridized carbons (Fsp3) is 0.550. The quantitative estimate of drug-likeness (QED) is 0.677. The Balaban J connectivity index is 0.000000383. The summed E-state index contributed by atoms with van der Waals surface area (Å²) in [6.45, 7) is 0. The molecule has 182 valence electrons. The number of nitrogens with zero attached hydrogens (tertiary/aromatic N) is 3. The lowest BCUT2D eigenvalue weighted by Crippen LogP contribution is -2.55. The highest BCUT2D eigenvalue weighted by Crippen LogP contribution is 2.33. The van der Waals surface area contributed by atoms with E-state index < -0.39 is 22.2 Å². The van der Waals surface area contributed by atoms with Gasteiger partial charge in [0.2, 0.25) is 0 Å². The van der Waals surface area contributed by atoms with Gasteiger partial charge in [-0.2, -0.15) is 22.4 Å². The van der Waals surface area contributed by atoms with E-state index in [0.29, 0.717) is 23.0 Å². The zero-order chi connectivity index (χ0) is 24.6. The van der Waals surface area contributed by atoms with Gasteiger partial charge in [-0.05, 0) is 38.8 Å². The van der Waals surface area contributed by atoms with Crippen molar-refractivity contribution in [3.05, 3.63) is 30.0 Å². The Kier molecular flexibility index (Phi) is 7.03. The maximum atomic E-state index is 12.9. The molecule has 33 heavy (non-hydrogen) atoms. The second kappa shape index (κ2) is 9.29. The van der Waals surface area contributed by atoms with Crippen molar-refractivity contribution in [2.24, 2.45) is 0 Å². The molecule has 2 aliphatic rings. The third kappa shape index (κ3) is 5.64. The number of fused-ring (bicyclic) bond motifs is 3. The minimum absolute atomic E-state index is 0.108. The number of benzene rings is 1. The molecule has 1 aromatic carbocycles. The minimum atomic E-state index is -5.08. The number of piperidine rings is 2. The fourth-order valence-corrected chi connectivity index (χ4v) is 5.19. The summed E-state index contributed by atoms with van der Waals surface area (Å²) >= 11 is 0. The van der Waals surface area contributed by atoms with Crippen molar-refractivity contribution in [2.75, 3.05) is 13.3 Å². The third-order valence-corrected chi connectivity index (χ3v) is 6.91. The van der Waals surface area contributed by atoms with Crippen molar-refractivity contribution in [3.8, 4) is 0 Å². The summed E-state index contributed by atoms with van der Waals surface area (Å²) < 4.78 is 56.7. The Hall–Kier alpha value is -2.67. The number of carbonyl (C=O) groups is 2. The average Bonchev–Trinajstić information content (AvgIpc) is 3.09. The molecule has 3 atom stereocenters. The molecule has 2 N–H and O–H groups in total. The predicted molar refractivity (Wildman–Crippen MR) is 113 cm³/mol. The lowest BCUT2D eigenvalue weighted by atomic mass is 9.82. The van der Waals surface area contributed by atoms with Crippen LogP contribution in [0, 0.1) is 0 Å². The van der Waals surface area contributed by atoms with Gasteiger partial charge < -0.3 is 15.3 Å². The van der Waals surface area contributed by atoms with Crippen molar-refractivity contribution in [1.82, 2.24) is 19.4 Å². The molecule has 0 spiro atoms. The number of rotatable bonds is 3. The molecule has 4 rings (SSSR count). The smallest absolute Gasteiger partial charge is 0.475 e. The van der Waals surface area contributed by atoms with Crippen molar-refractivity contribution >= 4 is 32.8 Å². The summed E-state index contributed by atoms with van der Waals surface area (Å²) in [4.78, 5) is 24.2. The number of hydrogen-bond donors (Lipinski definition) is 2. The van der Waals surface area contributed by atoms with Gasteiger partial charge in [-0.1, -0.05) is 24.6 Å². The van der Waals surface area contributed by atoms with E-state index in [1.165, 1.54) is 19.3 Å². The molecule has 13 heteroatoms. The van der Waals surface area contributed by atoms with Crippen molar-refractivity contribution in [2.45, 2.75) is 56.4 Å². The molecule has 2 aromatic rings. The molecule has 0 unspecified atom stereocenters. The fourth-order valence-electron chi connectivity index (χ4n) is 4.45. The summed E-state index contributed by atoms with van der Waals surface area (Å²) in [6.07, 6.45) is 1.47. The van der Waals surface area contributed by atoms with E-state index in [4.69, 9.17) is 9.90 Å². The molecule has 2 aliphatic heterocycles. The highest BCUT2D eigenvalue weighted by atomic mass is 32.2. The maximum Gasteiger partial charge on any atom is 0.490 e. The predicted octanol–water partition coefficient (Wildman–Crippen LogP) is 2.22. The first-order valence-corrected chi connectivity index (χ1v) is 12.1. The number of aliphatic carboxylic acids is 1. The number of amides is 1. The second-order valence-electron chi connectivity index (χ2n) is 8.32. The van der Waals surface area contributed by atoms with Gasteiger partial charge in [0.15, 0.2) is 5.69 Å². The first kappa shape index (κ1) is 25.0. The van der Waals surface area contributed by atoms with E-state index in [2.05, 4.69) is 22.4 Å². The SMILES string of the molecule is CN1[C@@H]2CCC[C@H]1C[C@@H](NC(=O)c1nn(S(C)(=O)=O)c3ccccc13)C2.O=C(O)C(F)(F)F. The molecule has 1 amide bonds. The number of halogens is 3. The van der Waals surface area contributed by atoms with E-state index in [-0.39, 0.29) is 17.6 Å². The van der Waals surface area contributed by atoms with Crippen LogP contribution >= 0.6 is 0 Å². The number of carboxylic acids is 1. The molecule has 3 heterocycles. The van der Waals surface area contributed by atoms with E-state index in [0.717, 1.165) is 23.2 Å². The van der Waals surface area contributed by atoms with Crippen LogP contribution in [-0.2, 0) is 14.8 Å². The Morgan fingerprint density at radius 2 is 1.70 bits per heavy atom. The summed E-state index contributed by atoms with van der Waals surface area (Å²) in [7, 11) is -1.40. The average molecular weight is 491 g/mol. The van der Waals surface area contributed by atoms with Crippen LogP contribution in [0.5, 0.6) is 0 Å². The second-order valence-corrected chi connectivity index (χ2v) is 10.1. The monoisotopic (exact) mass is 490 g/mol. The number of para-hydroxylation sites is 1. The van der Waals surface area contributed by atoms with Gasteiger partial charge in [-0.15, -0.1) is 0 Å². The van der Waals surface area contributed by atoms with Gasteiger partial charge in [0, 0.05) is 23.5 Å². The van der Waals surface area contributed by atoms with Crippen LogP contribution in [0.15, 0.2) is 24.3 Å². The van der Waals surface area contributed by atoms with Crippen molar-refractivity contribution < 1.29 is 36.3 Å². The maximum absolute atomic E-state index is 12.9. The molecular weight excluding hydrogens is 465 g/mol. The van der Waals surface area contributed by atoms with Crippen LogP contribution in [0.25, 0.3) is 10.9 Å². The molecule has 9 nitrogen and oxygen atoms in total. The van der Waals surface area contributed by atoms with Crippen LogP contribution in [-0.4, -0.2) is 77.1 Å². The normalized spacial score (nSPS) is 23.5. The lowest BCUT2D eigenvalue weighted by molar-refractivity contribution is -0.192. The summed E-state index contributed by atoms with van der Waals surface area (Å²) in [6, 6.07) is 8.06. The van der Waals surface area contributed by atoms with Gasteiger partial charge in [0.05, 0.1) is 11.8 Å². The standard InChI is InChI=1S/C18H24N4O3S.C2HF3O2/c1-21-13-6-5-7-14(21)11-12(10-13)19-18(23)17-15-8-3-4-9-16(15)22(20-17)26(2,24)25;3-2(4,5)1(6)7/h3-4,8-9,12-14H,5-7,10-11H2,1-2H3,(H,19,23);(H,6,7)/t12-,13+,14-;. The van der Waals surface area contributed by atoms with E-state index >= 15 is 0 Å². The summed E-state index contributed by atoms with van der Waals surface area (Å²) in [5.74, 6) is -3.05. The molecular formula is C20H25F3N4O5S. The Morgan fingerprint density at radius 1 is 1.15 bits per heavy atom. The number of carbonyl (C=O) groups excluding carboxylic acids is 1. The highest BCUT2D eigenvalue weighted by molar-refractivity contribution is 7.89.